The number of aliphatic hydroxyl groups excluding tert-OH is 1. The molecule has 280 valence electrons. The third-order valence-corrected chi connectivity index (χ3v) is 8.26. The van der Waals surface area contributed by atoms with E-state index in [4.69, 9.17) is 18.9 Å². The van der Waals surface area contributed by atoms with Crippen LogP contribution in [0.15, 0.2) is 0 Å². The van der Waals surface area contributed by atoms with E-state index in [0.717, 1.165) is 12.8 Å². The molecule has 0 aromatic carbocycles. The second-order valence-corrected chi connectivity index (χ2v) is 14.8. The summed E-state index contributed by atoms with van der Waals surface area (Å²) in [4.78, 5) is 24.4. The minimum Gasteiger partial charge on any atom is -0.463 e. The van der Waals surface area contributed by atoms with Crippen LogP contribution in [-0.4, -0.2) is 85.4 Å². The Hall–Kier alpha value is -1.26. The van der Waals surface area contributed by atoms with Crippen molar-refractivity contribution in [1.29, 1.82) is 0 Å². The number of rotatable bonds is 32. The molecular formula is C38H76N2O7. The quantitative estimate of drug-likeness (QED) is 0.0490. The monoisotopic (exact) mass is 673 g/mol. The van der Waals surface area contributed by atoms with Crippen molar-refractivity contribution in [2.24, 2.45) is 0 Å². The number of esters is 2. The predicted octanol–water partition coefficient (Wildman–Crippen LogP) is 7.65. The average molecular weight is 673 g/mol. The maximum atomic E-state index is 12.7. The van der Waals surface area contributed by atoms with Crippen molar-refractivity contribution in [3.8, 4) is 0 Å². The van der Waals surface area contributed by atoms with E-state index in [2.05, 4.69) is 31.4 Å². The van der Waals surface area contributed by atoms with E-state index in [1.807, 2.05) is 41.5 Å². The second kappa shape index (κ2) is 28.6. The lowest BCUT2D eigenvalue weighted by molar-refractivity contribution is -0.151. The molecule has 9 heteroatoms. The molecule has 0 saturated heterocycles. The smallest absolute Gasteiger partial charge is 0.323 e. The minimum atomic E-state index is -0.345. The maximum Gasteiger partial charge on any atom is 0.323 e. The molecule has 0 heterocycles. The van der Waals surface area contributed by atoms with Gasteiger partial charge in [0.25, 0.3) is 0 Å². The van der Waals surface area contributed by atoms with Crippen LogP contribution in [-0.2, 0) is 28.5 Å². The summed E-state index contributed by atoms with van der Waals surface area (Å²) in [7, 11) is 0. The topological polar surface area (TPSA) is 115 Å². The molecule has 0 aliphatic carbocycles. The molecule has 3 N–H and O–H groups in total. The molecule has 0 radical (unpaired) electrons. The van der Waals surface area contributed by atoms with Gasteiger partial charge in [0.2, 0.25) is 0 Å². The zero-order valence-electron chi connectivity index (χ0n) is 32.0. The average Bonchev–Trinajstić information content (AvgIpc) is 2.97. The van der Waals surface area contributed by atoms with E-state index in [1.54, 1.807) is 0 Å². The fourth-order valence-corrected chi connectivity index (χ4v) is 5.74. The molecule has 0 aromatic heterocycles. The molecule has 0 rings (SSSR count). The molecule has 0 saturated carbocycles. The van der Waals surface area contributed by atoms with Crippen molar-refractivity contribution in [2.45, 2.75) is 207 Å². The normalized spacial score (nSPS) is 14.7. The zero-order valence-corrected chi connectivity index (χ0v) is 32.0. The van der Waals surface area contributed by atoms with Crippen LogP contribution >= 0.6 is 0 Å². The van der Waals surface area contributed by atoms with Gasteiger partial charge in [-0.1, -0.05) is 77.0 Å². The summed E-state index contributed by atoms with van der Waals surface area (Å²) >= 11 is 0. The molecule has 0 amide bonds. The van der Waals surface area contributed by atoms with Crippen LogP contribution in [0.4, 0.5) is 0 Å². The number of ether oxygens (including phenoxy) is 4. The van der Waals surface area contributed by atoms with E-state index >= 15 is 0 Å². The van der Waals surface area contributed by atoms with Gasteiger partial charge in [-0.3, -0.25) is 9.59 Å². The Morgan fingerprint density at radius 1 is 0.702 bits per heavy atom. The van der Waals surface area contributed by atoms with Crippen LogP contribution < -0.4 is 10.6 Å². The van der Waals surface area contributed by atoms with Gasteiger partial charge < -0.3 is 34.7 Å². The van der Waals surface area contributed by atoms with Crippen molar-refractivity contribution < 1.29 is 33.6 Å². The highest BCUT2D eigenvalue weighted by molar-refractivity contribution is 5.75. The molecule has 9 nitrogen and oxygen atoms in total. The van der Waals surface area contributed by atoms with Crippen molar-refractivity contribution in [1.82, 2.24) is 10.6 Å². The SMILES string of the molecule is CC(CCCCCCCCCCCCCCCOC(CO)COC(C)C)N[C@@H](C)C(=O)OC(C)CC(C)(C)NCCC(=O)OC(C)C. The standard InChI is InChI=1S/C38H76N2O7/c1-30(2)45-29-35(28-41)44-26-22-20-18-16-14-12-10-11-13-15-17-19-21-23-32(5)40-34(7)37(43)47-33(6)27-38(8,9)39-25-24-36(42)46-31(3)4/h30-35,39-41H,10-29H2,1-9H3/t32?,33?,34-,35?/m0/s1. The molecule has 0 aliphatic rings. The van der Waals surface area contributed by atoms with Crippen LogP contribution in [0, 0.1) is 0 Å². The zero-order chi connectivity index (χ0) is 35.5. The minimum absolute atomic E-state index is 0.0182. The lowest BCUT2D eigenvalue weighted by atomic mass is 9.97. The Balaban J connectivity index is 3.74. The molecule has 0 bridgehead atoms. The Bertz CT molecular complexity index is 762. The Morgan fingerprint density at radius 2 is 1.23 bits per heavy atom. The first-order chi connectivity index (χ1) is 22.3. The van der Waals surface area contributed by atoms with Crippen LogP contribution in [0.25, 0.3) is 0 Å². The maximum absolute atomic E-state index is 12.7. The van der Waals surface area contributed by atoms with E-state index in [1.165, 1.54) is 77.0 Å². The number of nitrogens with one attached hydrogen (secondary N) is 2. The Labute approximate surface area is 289 Å². The van der Waals surface area contributed by atoms with Crippen LogP contribution in [0.3, 0.4) is 0 Å². The number of hydrogen-bond donors (Lipinski definition) is 3. The van der Waals surface area contributed by atoms with Gasteiger partial charge in [0.05, 0.1) is 31.8 Å². The van der Waals surface area contributed by atoms with Gasteiger partial charge in [0.1, 0.15) is 18.2 Å². The molecule has 4 atom stereocenters. The summed E-state index contributed by atoms with van der Waals surface area (Å²) in [6, 6.07) is -0.0752. The van der Waals surface area contributed by atoms with Crippen LogP contribution in [0.5, 0.6) is 0 Å². The lowest BCUT2D eigenvalue weighted by Crippen LogP contribution is -2.45. The first-order valence-corrected chi connectivity index (χ1v) is 19.0. The van der Waals surface area contributed by atoms with Crippen molar-refractivity contribution in [3.63, 3.8) is 0 Å². The van der Waals surface area contributed by atoms with Gasteiger partial charge in [0.15, 0.2) is 0 Å². The predicted molar refractivity (Wildman–Crippen MR) is 193 cm³/mol. The Kier molecular flexibility index (Phi) is 27.8. The third kappa shape index (κ3) is 29.4. The fourth-order valence-electron chi connectivity index (χ4n) is 5.74. The van der Waals surface area contributed by atoms with Crippen molar-refractivity contribution >= 4 is 11.9 Å². The Morgan fingerprint density at radius 3 is 1.74 bits per heavy atom. The third-order valence-electron chi connectivity index (χ3n) is 8.26. The summed E-state index contributed by atoms with van der Waals surface area (Å²) < 4.78 is 22.2. The summed E-state index contributed by atoms with van der Waals surface area (Å²) in [5.41, 5.74) is -0.269. The van der Waals surface area contributed by atoms with E-state index in [-0.39, 0.29) is 60.6 Å². The van der Waals surface area contributed by atoms with Gasteiger partial charge in [-0.05, 0) is 75.2 Å². The summed E-state index contributed by atoms with van der Waals surface area (Å²) in [5, 5.41) is 16.2. The van der Waals surface area contributed by atoms with E-state index < -0.39 is 0 Å². The van der Waals surface area contributed by atoms with Crippen LogP contribution in [0.2, 0.25) is 0 Å². The van der Waals surface area contributed by atoms with E-state index in [9.17, 15) is 14.7 Å². The van der Waals surface area contributed by atoms with Gasteiger partial charge in [-0.15, -0.1) is 0 Å². The largest absolute Gasteiger partial charge is 0.463 e. The summed E-state index contributed by atoms with van der Waals surface area (Å²) in [6.45, 7) is 19.4. The number of unbranched alkanes of at least 4 members (excludes halogenated alkanes) is 12. The van der Waals surface area contributed by atoms with Gasteiger partial charge in [-0.2, -0.15) is 0 Å². The number of carbonyl (C=O) groups excluding carboxylic acids is 2. The first kappa shape index (κ1) is 45.7. The molecule has 0 fully saturated rings. The summed E-state index contributed by atoms with van der Waals surface area (Å²) in [5.74, 6) is -0.423. The molecule has 0 spiro atoms. The van der Waals surface area contributed by atoms with Gasteiger partial charge in [0, 0.05) is 31.2 Å². The van der Waals surface area contributed by atoms with Gasteiger partial charge >= 0.3 is 11.9 Å². The summed E-state index contributed by atoms with van der Waals surface area (Å²) in [6.07, 6.45) is 18.2. The lowest BCUT2D eigenvalue weighted by Gasteiger charge is -2.30. The molecular weight excluding hydrogens is 596 g/mol. The van der Waals surface area contributed by atoms with Crippen molar-refractivity contribution in [2.75, 3.05) is 26.4 Å². The highest BCUT2D eigenvalue weighted by Gasteiger charge is 2.25. The highest BCUT2D eigenvalue weighted by atomic mass is 16.6. The van der Waals surface area contributed by atoms with E-state index in [0.29, 0.717) is 32.6 Å². The molecule has 47 heavy (non-hydrogen) atoms. The number of hydrogen-bond acceptors (Lipinski definition) is 9. The first-order valence-electron chi connectivity index (χ1n) is 19.0. The molecule has 0 aliphatic heterocycles. The van der Waals surface area contributed by atoms with Gasteiger partial charge in [-0.25, -0.2) is 0 Å². The van der Waals surface area contributed by atoms with Crippen molar-refractivity contribution in [3.05, 3.63) is 0 Å². The molecule has 3 unspecified atom stereocenters. The highest BCUT2D eigenvalue weighted by Crippen LogP contribution is 2.16. The fraction of sp³-hybridized carbons (Fsp3) is 0.947. The number of carbonyl (C=O) groups is 2. The molecule has 0 aromatic rings. The van der Waals surface area contributed by atoms with Crippen LogP contribution in [0.1, 0.15) is 165 Å². The number of aliphatic hydroxyl groups is 1. The second-order valence-electron chi connectivity index (χ2n) is 14.8.